The average molecular weight is 255 g/mol. The molecule has 5 nitrogen and oxygen atoms in total. The summed E-state index contributed by atoms with van der Waals surface area (Å²) in [5.74, 6) is 0. The van der Waals surface area contributed by atoms with Gasteiger partial charge in [0, 0.05) is 19.6 Å². The number of nitrogens with zero attached hydrogens (tertiary/aromatic N) is 1. The fourth-order valence-electron chi connectivity index (χ4n) is 1.50. The number of halogens is 3. The van der Waals surface area contributed by atoms with Gasteiger partial charge in [-0.25, -0.2) is 10.1 Å². The van der Waals surface area contributed by atoms with Gasteiger partial charge in [0.2, 0.25) is 0 Å². The third-order valence-corrected chi connectivity index (χ3v) is 2.30. The molecule has 8 heteroatoms. The third kappa shape index (κ3) is 7.01. The first-order valence-electron chi connectivity index (χ1n) is 5.40. The molecular weight excluding hydrogens is 239 g/mol. The van der Waals surface area contributed by atoms with E-state index in [1.807, 2.05) is 0 Å². The SMILES string of the molecule is O=C(NCCCN1CCOCC1)NC(F)(F)F. The third-order valence-electron chi connectivity index (χ3n) is 2.30. The van der Waals surface area contributed by atoms with E-state index in [9.17, 15) is 18.0 Å². The summed E-state index contributed by atoms with van der Waals surface area (Å²) in [7, 11) is 0. The predicted octanol–water partition coefficient (Wildman–Crippen LogP) is 0.528. The van der Waals surface area contributed by atoms with Crippen LogP contribution in [0.15, 0.2) is 0 Å². The molecule has 0 spiro atoms. The molecule has 0 radical (unpaired) electrons. The number of morpholine rings is 1. The number of urea groups is 1. The lowest BCUT2D eigenvalue weighted by molar-refractivity contribution is -0.145. The van der Waals surface area contributed by atoms with Crippen LogP contribution < -0.4 is 10.6 Å². The Balaban J connectivity index is 2.01. The van der Waals surface area contributed by atoms with E-state index in [1.54, 1.807) is 0 Å². The molecule has 0 aromatic rings. The lowest BCUT2D eigenvalue weighted by Gasteiger charge is -2.26. The second-order valence-electron chi connectivity index (χ2n) is 3.69. The lowest BCUT2D eigenvalue weighted by atomic mass is 10.3. The van der Waals surface area contributed by atoms with Crippen LogP contribution in [0.4, 0.5) is 18.0 Å². The molecule has 0 aromatic heterocycles. The number of ether oxygens (including phenoxy) is 1. The van der Waals surface area contributed by atoms with Crippen LogP contribution in [0, 0.1) is 0 Å². The first kappa shape index (κ1) is 14.0. The second kappa shape index (κ2) is 6.65. The van der Waals surface area contributed by atoms with E-state index in [2.05, 4.69) is 10.2 Å². The minimum atomic E-state index is -4.67. The van der Waals surface area contributed by atoms with Crippen LogP contribution in [0.5, 0.6) is 0 Å². The number of hydrogen-bond acceptors (Lipinski definition) is 3. The summed E-state index contributed by atoms with van der Waals surface area (Å²) in [5, 5.41) is 3.02. The van der Waals surface area contributed by atoms with Crippen LogP contribution in [-0.4, -0.2) is 56.6 Å². The molecule has 1 rings (SSSR count). The molecule has 0 saturated carbocycles. The fraction of sp³-hybridized carbons (Fsp3) is 0.889. The maximum Gasteiger partial charge on any atom is 0.485 e. The van der Waals surface area contributed by atoms with Crippen molar-refractivity contribution in [3.63, 3.8) is 0 Å². The number of carbonyl (C=O) groups excluding carboxylic acids is 1. The van der Waals surface area contributed by atoms with Gasteiger partial charge in [-0.15, -0.1) is 0 Å². The average Bonchev–Trinajstić information content (AvgIpc) is 2.23. The van der Waals surface area contributed by atoms with Crippen molar-refractivity contribution in [1.82, 2.24) is 15.5 Å². The molecule has 0 bridgehead atoms. The summed E-state index contributed by atoms with van der Waals surface area (Å²) < 4.78 is 40.3. The Bertz CT molecular complexity index is 242. The summed E-state index contributed by atoms with van der Waals surface area (Å²) >= 11 is 0. The number of carbonyl (C=O) groups is 1. The Kier molecular flexibility index (Phi) is 5.49. The highest BCUT2D eigenvalue weighted by molar-refractivity contribution is 5.74. The predicted molar refractivity (Wildman–Crippen MR) is 54.5 cm³/mol. The van der Waals surface area contributed by atoms with E-state index in [1.165, 1.54) is 0 Å². The molecule has 0 atom stereocenters. The Hall–Kier alpha value is -1.02. The Labute approximate surface area is 97.3 Å². The van der Waals surface area contributed by atoms with Gasteiger partial charge in [-0.1, -0.05) is 0 Å². The van der Waals surface area contributed by atoms with E-state index < -0.39 is 12.3 Å². The topological polar surface area (TPSA) is 53.6 Å². The molecule has 1 aliphatic rings. The number of rotatable bonds is 4. The smallest absolute Gasteiger partial charge is 0.379 e. The zero-order valence-corrected chi connectivity index (χ0v) is 9.35. The highest BCUT2D eigenvalue weighted by atomic mass is 19.4. The van der Waals surface area contributed by atoms with Gasteiger partial charge in [-0.05, 0) is 13.0 Å². The first-order chi connectivity index (χ1) is 7.97. The van der Waals surface area contributed by atoms with Gasteiger partial charge in [0.05, 0.1) is 13.2 Å². The summed E-state index contributed by atoms with van der Waals surface area (Å²) in [5.41, 5.74) is 0. The van der Waals surface area contributed by atoms with Crippen molar-refractivity contribution >= 4 is 6.03 Å². The summed E-state index contributed by atoms with van der Waals surface area (Å²) in [6.45, 7) is 3.99. The Morgan fingerprint density at radius 1 is 1.29 bits per heavy atom. The van der Waals surface area contributed by atoms with E-state index in [4.69, 9.17) is 4.74 Å². The maximum absolute atomic E-state index is 11.7. The van der Waals surface area contributed by atoms with E-state index in [0.717, 1.165) is 25.0 Å². The van der Waals surface area contributed by atoms with Gasteiger partial charge < -0.3 is 10.1 Å². The molecule has 1 aliphatic heterocycles. The summed E-state index contributed by atoms with van der Waals surface area (Å²) in [4.78, 5) is 12.9. The van der Waals surface area contributed by atoms with Gasteiger partial charge in [-0.2, -0.15) is 13.2 Å². The van der Waals surface area contributed by atoms with Crippen molar-refractivity contribution in [1.29, 1.82) is 0 Å². The van der Waals surface area contributed by atoms with Gasteiger partial charge in [0.15, 0.2) is 0 Å². The molecule has 100 valence electrons. The first-order valence-corrected chi connectivity index (χ1v) is 5.40. The van der Waals surface area contributed by atoms with Gasteiger partial charge >= 0.3 is 12.3 Å². The van der Waals surface area contributed by atoms with Crippen LogP contribution in [0.2, 0.25) is 0 Å². The molecule has 17 heavy (non-hydrogen) atoms. The molecule has 1 fully saturated rings. The number of hydrogen-bond donors (Lipinski definition) is 2. The van der Waals surface area contributed by atoms with Crippen molar-refractivity contribution in [2.45, 2.75) is 12.7 Å². The highest BCUT2D eigenvalue weighted by Gasteiger charge is 2.29. The largest absolute Gasteiger partial charge is 0.485 e. The minimum absolute atomic E-state index is 0.221. The number of alkyl halides is 3. The van der Waals surface area contributed by atoms with Gasteiger partial charge in [0.25, 0.3) is 0 Å². The molecule has 2 N–H and O–H groups in total. The van der Waals surface area contributed by atoms with E-state index >= 15 is 0 Å². The van der Waals surface area contributed by atoms with Crippen LogP contribution in [0.25, 0.3) is 0 Å². The molecule has 0 unspecified atom stereocenters. The van der Waals surface area contributed by atoms with Crippen molar-refractivity contribution in [3.05, 3.63) is 0 Å². The fourth-order valence-corrected chi connectivity index (χ4v) is 1.50. The standard InChI is InChI=1S/C9H16F3N3O2/c10-9(11,12)14-8(16)13-2-1-3-15-4-6-17-7-5-15/h1-7H2,(H2,13,14,16). The molecule has 1 saturated heterocycles. The maximum atomic E-state index is 11.7. The second-order valence-corrected chi connectivity index (χ2v) is 3.69. The van der Waals surface area contributed by atoms with Crippen molar-refractivity contribution in [2.24, 2.45) is 0 Å². The summed E-state index contributed by atoms with van der Waals surface area (Å²) in [6.07, 6.45) is -4.06. The summed E-state index contributed by atoms with van der Waals surface area (Å²) in [6, 6.07) is -1.21. The van der Waals surface area contributed by atoms with Crippen molar-refractivity contribution < 1.29 is 22.7 Å². The van der Waals surface area contributed by atoms with Gasteiger partial charge in [-0.3, -0.25) is 4.90 Å². The molecule has 1 heterocycles. The number of nitrogens with one attached hydrogen (secondary N) is 2. The molecular formula is C9H16F3N3O2. The zero-order valence-electron chi connectivity index (χ0n) is 9.35. The van der Waals surface area contributed by atoms with Gasteiger partial charge in [0.1, 0.15) is 0 Å². The van der Waals surface area contributed by atoms with Crippen LogP contribution in [0.3, 0.4) is 0 Å². The Morgan fingerprint density at radius 2 is 1.94 bits per heavy atom. The zero-order chi connectivity index (χ0) is 12.7. The normalized spacial score (nSPS) is 17.8. The van der Waals surface area contributed by atoms with Crippen molar-refractivity contribution in [2.75, 3.05) is 39.4 Å². The Morgan fingerprint density at radius 3 is 2.53 bits per heavy atom. The minimum Gasteiger partial charge on any atom is -0.379 e. The van der Waals surface area contributed by atoms with Crippen LogP contribution in [-0.2, 0) is 4.74 Å². The van der Waals surface area contributed by atoms with Crippen LogP contribution in [0.1, 0.15) is 6.42 Å². The monoisotopic (exact) mass is 255 g/mol. The van der Waals surface area contributed by atoms with Crippen molar-refractivity contribution in [3.8, 4) is 0 Å². The quantitative estimate of drug-likeness (QED) is 0.569. The molecule has 0 aromatic carbocycles. The van der Waals surface area contributed by atoms with Crippen LogP contribution >= 0.6 is 0 Å². The molecule has 0 aliphatic carbocycles. The highest BCUT2D eigenvalue weighted by Crippen LogP contribution is 2.08. The van der Waals surface area contributed by atoms with E-state index in [0.29, 0.717) is 19.6 Å². The molecule has 2 amide bonds. The lowest BCUT2D eigenvalue weighted by Crippen LogP contribution is -2.45. The number of amides is 2. The van der Waals surface area contributed by atoms with E-state index in [-0.39, 0.29) is 6.54 Å².